The third-order valence-corrected chi connectivity index (χ3v) is 5.60. The quantitative estimate of drug-likeness (QED) is 0.891. The second-order valence-corrected chi connectivity index (χ2v) is 7.32. The van der Waals surface area contributed by atoms with E-state index >= 15 is 0 Å². The first-order valence-electron chi connectivity index (χ1n) is 8.97. The molecule has 3 heterocycles. The molecule has 1 spiro atoms. The fourth-order valence-electron chi connectivity index (χ4n) is 4.11. The number of para-hydroxylation sites is 1. The molecule has 1 N–H and O–H groups in total. The van der Waals surface area contributed by atoms with Gasteiger partial charge in [0.05, 0.1) is 5.54 Å². The summed E-state index contributed by atoms with van der Waals surface area (Å²) < 4.78 is 7.44. The smallest absolute Gasteiger partial charge is 0.407 e. The van der Waals surface area contributed by atoms with Crippen molar-refractivity contribution >= 4 is 18.5 Å². The standard InChI is InChI=1S/C20H25N3O2.ClH/c1-15-12-17(16(2)23(15)18-6-4-3-5-7-18)13-22-10-8-20(9-11-22)14-25-19(24)21-20;/h3-7,12H,8-11,13-14H2,1-2H3,(H,21,24);1H. The predicted octanol–water partition coefficient (Wildman–Crippen LogP) is 3.59. The highest BCUT2D eigenvalue weighted by Gasteiger charge is 2.41. The van der Waals surface area contributed by atoms with E-state index in [2.05, 4.69) is 59.0 Å². The molecule has 1 amide bonds. The molecular weight excluding hydrogens is 350 g/mol. The van der Waals surface area contributed by atoms with E-state index in [1.165, 1.54) is 22.6 Å². The average Bonchev–Trinajstić information content (AvgIpc) is 3.11. The molecular formula is C20H26ClN3O2. The van der Waals surface area contributed by atoms with Gasteiger partial charge in [0, 0.05) is 36.7 Å². The van der Waals surface area contributed by atoms with Gasteiger partial charge in [-0.2, -0.15) is 0 Å². The minimum absolute atomic E-state index is 0. The van der Waals surface area contributed by atoms with Crippen LogP contribution < -0.4 is 5.32 Å². The Morgan fingerprint density at radius 2 is 1.85 bits per heavy atom. The van der Waals surface area contributed by atoms with E-state index < -0.39 is 0 Å². The molecule has 0 atom stereocenters. The van der Waals surface area contributed by atoms with Crippen molar-refractivity contribution in [2.75, 3.05) is 19.7 Å². The van der Waals surface area contributed by atoms with Crippen molar-refractivity contribution in [1.82, 2.24) is 14.8 Å². The van der Waals surface area contributed by atoms with Gasteiger partial charge < -0.3 is 14.6 Å². The third kappa shape index (κ3) is 3.46. The molecule has 2 aliphatic heterocycles. The maximum absolute atomic E-state index is 11.4. The number of amides is 1. The molecule has 2 aromatic rings. The SMILES string of the molecule is Cc1cc(CN2CCC3(CC2)COC(=O)N3)c(C)n1-c1ccccc1.Cl. The summed E-state index contributed by atoms with van der Waals surface area (Å²) in [5.74, 6) is 0. The molecule has 0 aliphatic carbocycles. The van der Waals surface area contributed by atoms with Gasteiger partial charge in [-0.3, -0.25) is 4.90 Å². The number of ether oxygens (including phenoxy) is 1. The van der Waals surface area contributed by atoms with Crippen molar-refractivity contribution in [2.24, 2.45) is 0 Å². The second-order valence-electron chi connectivity index (χ2n) is 7.32. The van der Waals surface area contributed by atoms with Crippen molar-refractivity contribution in [1.29, 1.82) is 0 Å². The fourth-order valence-corrected chi connectivity index (χ4v) is 4.11. The molecule has 26 heavy (non-hydrogen) atoms. The number of carbonyl (C=O) groups excluding carboxylic acids is 1. The summed E-state index contributed by atoms with van der Waals surface area (Å²) in [6.07, 6.45) is 1.65. The molecule has 2 saturated heterocycles. The topological polar surface area (TPSA) is 46.5 Å². The molecule has 1 aromatic carbocycles. The number of hydrogen-bond acceptors (Lipinski definition) is 3. The van der Waals surface area contributed by atoms with E-state index in [-0.39, 0.29) is 24.0 Å². The highest BCUT2D eigenvalue weighted by atomic mass is 35.5. The minimum Gasteiger partial charge on any atom is -0.447 e. The molecule has 0 bridgehead atoms. The van der Waals surface area contributed by atoms with Crippen LogP contribution in [-0.2, 0) is 11.3 Å². The minimum atomic E-state index is -0.264. The summed E-state index contributed by atoms with van der Waals surface area (Å²) in [5.41, 5.74) is 5.04. The van der Waals surface area contributed by atoms with Crippen molar-refractivity contribution in [3.63, 3.8) is 0 Å². The lowest BCUT2D eigenvalue weighted by molar-refractivity contribution is 0.124. The van der Waals surface area contributed by atoms with E-state index in [9.17, 15) is 4.79 Å². The van der Waals surface area contributed by atoms with Gasteiger partial charge in [-0.05, 0) is 50.5 Å². The summed E-state index contributed by atoms with van der Waals surface area (Å²) in [6.45, 7) is 7.81. The number of nitrogens with one attached hydrogen (secondary N) is 1. The number of hydrogen-bond donors (Lipinski definition) is 1. The molecule has 2 fully saturated rings. The van der Waals surface area contributed by atoms with Crippen molar-refractivity contribution < 1.29 is 9.53 Å². The fraction of sp³-hybridized carbons (Fsp3) is 0.450. The number of alkyl carbamates (subject to hydrolysis) is 1. The van der Waals surface area contributed by atoms with Crippen LogP contribution in [0.3, 0.4) is 0 Å². The summed E-state index contributed by atoms with van der Waals surface area (Å²) in [7, 11) is 0. The monoisotopic (exact) mass is 375 g/mol. The van der Waals surface area contributed by atoms with Gasteiger partial charge >= 0.3 is 6.09 Å². The number of piperidine rings is 1. The Kier molecular flexibility index (Phi) is 5.30. The van der Waals surface area contributed by atoms with Crippen molar-refractivity contribution in [3.05, 3.63) is 53.3 Å². The Morgan fingerprint density at radius 3 is 2.46 bits per heavy atom. The zero-order chi connectivity index (χ0) is 17.4. The van der Waals surface area contributed by atoms with Crippen LogP contribution >= 0.6 is 12.4 Å². The Hall–Kier alpha value is -1.98. The van der Waals surface area contributed by atoms with Crippen LogP contribution in [0.4, 0.5) is 4.79 Å². The van der Waals surface area contributed by atoms with Gasteiger partial charge in [0.15, 0.2) is 0 Å². The first-order chi connectivity index (χ1) is 12.1. The molecule has 140 valence electrons. The molecule has 4 rings (SSSR count). The number of halogens is 1. The third-order valence-electron chi connectivity index (χ3n) is 5.60. The molecule has 0 unspecified atom stereocenters. The van der Waals surface area contributed by atoms with E-state index in [0.29, 0.717) is 6.61 Å². The van der Waals surface area contributed by atoms with Gasteiger partial charge in [0.25, 0.3) is 0 Å². The molecule has 6 heteroatoms. The van der Waals surface area contributed by atoms with Gasteiger partial charge in [-0.15, -0.1) is 12.4 Å². The Labute approximate surface area is 160 Å². The Morgan fingerprint density at radius 1 is 1.15 bits per heavy atom. The van der Waals surface area contributed by atoms with Gasteiger partial charge in [-0.1, -0.05) is 18.2 Å². The molecule has 0 radical (unpaired) electrons. The van der Waals surface area contributed by atoms with Crippen LogP contribution in [0.5, 0.6) is 0 Å². The van der Waals surface area contributed by atoms with Crippen LogP contribution in [0.15, 0.2) is 36.4 Å². The second kappa shape index (κ2) is 7.33. The van der Waals surface area contributed by atoms with Crippen LogP contribution in [0.1, 0.15) is 29.8 Å². The molecule has 2 aliphatic rings. The first kappa shape index (κ1) is 18.8. The largest absolute Gasteiger partial charge is 0.447 e. The number of aryl methyl sites for hydroxylation is 1. The summed E-state index contributed by atoms with van der Waals surface area (Å²) >= 11 is 0. The molecule has 0 saturated carbocycles. The van der Waals surface area contributed by atoms with Gasteiger partial charge in [0.1, 0.15) is 6.61 Å². The predicted molar refractivity (Wildman–Crippen MR) is 104 cm³/mol. The van der Waals surface area contributed by atoms with E-state index in [1.807, 2.05) is 6.07 Å². The van der Waals surface area contributed by atoms with E-state index in [1.54, 1.807) is 0 Å². The lowest BCUT2D eigenvalue weighted by atomic mass is 9.89. The number of nitrogens with zero attached hydrogens (tertiary/aromatic N) is 2. The van der Waals surface area contributed by atoms with Crippen LogP contribution in [0.2, 0.25) is 0 Å². The first-order valence-corrected chi connectivity index (χ1v) is 8.97. The lowest BCUT2D eigenvalue weighted by Crippen LogP contribution is -2.52. The zero-order valence-corrected chi connectivity index (χ0v) is 16.1. The van der Waals surface area contributed by atoms with Crippen molar-refractivity contribution in [3.8, 4) is 5.69 Å². The van der Waals surface area contributed by atoms with E-state index in [0.717, 1.165) is 32.5 Å². The number of cyclic esters (lactones) is 1. The lowest BCUT2D eigenvalue weighted by Gasteiger charge is -2.37. The van der Waals surface area contributed by atoms with Gasteiger partial charge in [0.2, 0.25) is 0 Å². The Bertz CT molecular complexity index is 780. The summed E-state index contributed by atoms with van der Waals surface area (Å²) in [4.78, 5) is 13.8. The summed E-state index contributed by atoms with van der Waals surface area (Å²) in [6, 6.07) is 12.8. The normalized spacial score (nSPS) is 19.1. The average molecular weight is 376 g/mol. The molecule has 1 aromatic heterocycles. The van der Waals surface area contributed by atoms with Crippen molar-refractivity contribution in [2.45, 2.75) is 38.8 Å². The molecule has 5 nitrogen and oxygen atoms in total. The van der Waals surface area contributed by atoms with Crippen LogP contribution in [-0.4, -0.2) is 40.8 Å². The highest BCUT2D eigenvalue weighted by molar-refractivity contribution is 5.85. The highest BCUT2D eigenvalue weighted by Crippen LogP contribution is 2.28. The Balaban J connectivity index is 0.00000196. The number of likely N-dealkylation sites (tertiary alicyclic amines) is 1. The number of rotatable bonds is 3. The number of aromatic nitrogens is 1. The van der Waals surface area contributed by atoms with Gasteiger partial charge in [-0.25, -0.2) is 4.79 Å². The maximum Gasteiger partial charge on any atom is 0.407 e. The van der Waals surface area contributed by atoms with Crippen LogP contribution in [0, 0.1) is 13.8 Å². The van der Waals surface area contributed by atoms with E-state index in [4.69, 9.17) is 4.74 Å². The number of carbonyl (C=O) groups is 1. The zero-order valence-electron chi connectivity index (χ0n) is 15.3. The number of benzene rings is 1. The van der Waals surface area contributed by atoms with Crippen LogP contribution in [0.25, 0.3) is 5.69 Å². The maximum atomic E-state index is 11.4. The summed E-state index contributed by atoms with van der Waals surface area (Å²) in [5, 5.41) is 3.01.